The average molecular weight is 235 g/mol. The number of rotatable bonds is 5. The maximum atomic E-state index is 9.29. The monoisotopic (exact) mass is 235 g/mol. The number of benzene rings is 1. The molecule has 2 atom stereocenters. The van der Waals surface area contributed by atoms with Crippen molar-refractivity contribution in [3.63, 3.8) is 0 Å². The van der Waals surface area contributed by atoms with Crippen molar-refractivity contribution >= 4 is 0 Å². The van der Waals surface area contributed by atoms with E-state index in [0.29, 0.717) is 17.8 Å². The zero-order valence-electron chi connectivity index (χ0n) is 11.6. The van der Waals surface area contributed by atoms with Crippen LogP contribution in [0.3, 0.4) is 0 Å². The summed E-state index contributed by atoms with van der Waals surface area (Å²) in [5.41, 5.74) is 1.25. The zero-order valence-corrected chi connectivity index (χ0v) is 11.6. The van der Waals surface area contributed by atoms with Gasteiger partial charge in [0.25, 0.3) is 0 Å². The van der Waals surface area contributed by atoms with Crippen molar-refractivity contribution in [2.75, 3.05) is 7.05 Å². The van der Waals surface area contributed by atoms with Gasteiger partial charge in [0.2, 0.25) is 0 Å². The highest BCUT2D eigenvalue weighted by Crippen LogP contribution is 2.24. The van der Waals surface area contributed by atoms with Gasteiger partial charge in [-0.25, -0.2) is 0 Å². The Morgan fingerprint density at radius 3 is 2.06 bits per heavy atom. The molecule has 0 radical (unpaired) electrons. The van der Waals surface area contributed by atoms with Gasteiger partial charge in [-0.05, 0) is 50.9 Å². The lowest BCUT2D eigenvalue weighted by Gasteiger charge is -2.32. The predicted octanol–water partition coefficient (Wildman–Crippen LogP) is 3.82. The van der Waals surface area contributed by atoms with E-state index >= 15 is 0 Å². The molecule has 0 bridgehead atoms. The number of phenols is 1. The molecule has 0 aliphatic rings. The van der Waals surface area contributed by atoms with Crippen molar-refractivity contribution in [2.45, 2.75) is 46.2 Å². The summed E-state index contributed by atoms with van der Waals surface area (Å²) < 4.78 is 0. The molecule has 1 aromatic rings. The van der Waals surface area contributed by atoms with Gasteiger partial charge in [-0.2, -0.15) is 0 Å². The minimum absolute atomic E-state index is 0.332. The van der Waals surface area contributed by atoms with Gasteiger partial charge in [0.15, 0.2) is 0 Å². The van der Waals surface area contributed by atoms with Crippen LogP contribution in [0, 0.1) is 5.92 Å². The molecular weight excluding hydrogens is 210 g/mol. The van der Waals surface area contributed by atoms with Gasteiger partial charge >= 0.3 is 0 Å². The normalized spacial score (nSPS) is 15.2. The summed E-state index contributed by atoms with van der Waals surface area (Å²) in [5.74, 6) is 1.05. The minimum atomic E-state index is 0.332. The van der Waals surface area contributed by atoms with E-state index in [-0.39, 0.29) is 0 Å². The second-order valence-corrected chi connectivity index (χ2v) is 5.41. The summed E-state index contributed by atoms with van der Waals surface area (Å²) in [4.78, 5) is 2.40. The third-order valence-corrected chi connectivity index (χ3v) is 3.49. The molecule has 0 aromatic heterocycles. The van der Waals surface area contributed by atoms with Crippen molar-refractivity contribution in [3.8, 4) is 5.75 Å². The fraction of sp³-hybridized carbons (Fsp3) is 0.600. The lowest BCUT2D eigenvalue weighted by Crippen LogP contribution is -2.32. The molecule has 1 rings (SSSR count). The van der Waals surface area contributed by atoms with Crippen molar-refractivity contribution in [2.24, 2.45) is 5.92 Å². The first-order valence-corrected chi connectivity index (χ1v) is 6.42. The highest BCUT2D eigenvalue weighted by Gasteiger charge is 2.18. The fourth-order valence-electron chi connectivity index (χ4n) is 2.22. The average Bonchev–Trinajstić information content (AvgIpc) is 2.27. The first-order valence-electron chi connectivity index (χ1n) is 6.42. The maximum absolute atomic E-state index is 9.29. The van der Waals surface area contributed by atoms with Crippen LogP contribution < -0.4 is 0 Å². The van der Waals surface area contributed by atoms with Crippen LogP contribution in [0.4, 0.5) is 0 Å². The molecule has 17 heavy (non-hydrogen) atoms. The van der Waals surface area contributed by atoms with Crippen LogP contribution in [-0.4, -0.2) is 23.1 Å². The van der Waals surface area contributed by atoms with Gasteiger partial charge in [-0.3, -0.25) is 4.90 Å². The van der Waals surface area contributed by atoms with E-state index in [2.05, 4.69) is 39.6 Å². The van der Waals surface area contributed by atoms with Gasteiger partial charge in [-0.15, -0.1) is 0 Å². The summed E-state index contributed by atoms with van der Waals surface area (Å²) in [6.07, 6.45) is 1.21. The second kappa shape index (κ2) is 6.06. The van der Waals surface area contributed by atoms with Gasteiger partial charge in [0.1, 0.15) is 5.75 Å². The molecule has 1 aromatic carbocycles. The van der Waals surface area contributed by atoms with Crippen molar-refractivity contribution in [1.29, 1.82) is 0 Å². The SMILES string of the molecule is CC(C)CC(C)N(C)C(C)c1ccc(O)cc1. The van der Waals surface area contributed by atoms with E-state index in [0.717, 1.165) is 5.92 Å². The van der Waals surface area contributed by atoms with Crippen LogP contribution in [0.1, 0.15) is 45.7 Å². The Balaban J connectivity index is 2.68. The number of phenolic OH excluding ortho intramolecular Hbond substituents is 1. The van der Waals surface area contributed by atoms with Crippen molar-refractivity contribution in [1.82, 2.24) is 4.90 Å². The van der Waals surface area contributed by atoms with Gasteiger partial charge < -0.3 is 5.11 Å². The molecule has 1 N–H and O–H groups in total. The summed E-state index contributed by atoms with van der Waals surface area (Å²) >= 11 is 0. The Morgan fingerprint density at radius 1 is 1.06 bits per heavy atom. The van der Waals surface area contributed by atoms with Crippen LogP contribution in [0.2, 0.25) is 0 Å². The fourth-order valence-corrected chi connectivity index (χ4v) is 2.22. The summed E-state index contributed by atoms with van der Waals surface area (Å²) in [6.45, 7) is 9.01. The molecule has 0 saturated heterocycles. The van der Waals surface area contributed by atoms with E-state index in [1.807, 2.05) is 12.1 Å². The highest BCUT2D eigenvalue weighted by molar-refractivity contribution is 5.27. The third kappa shape index (κ3) is 4.04. The molecule has 0 saturated carbocycles. The van der Waals surface area contributed by atoms with Crippen LogP contribution in [0.15, 0.2) is 24.3 Å². The van der Waals surface area contributed by atoms with Crippen molar-refractivity contribution < 1.29 is 5.11 Å². The minimum Gasteiger partial charge on any atom is -0.508 e. The standard InChI is InChI=1S/C15H25NO/c1-11(2)10-12(3)16(5)13(4)14-6-8-15(17)9-7-14/h6-9,11-13,17H,10H2,1-5H3. The first kappa shape index (κ1) is 14.0. The van der Waals surface area contributed by atoms with Gasteiger partial charge in [0, 0.05) is 12.1 Å². The molecule has 0 heterocycles. The van der Waals surface area contributed by atoms with E-state index < -0.39 is 0 Å². The van der Waals surface area contributed by atoms with E-state index in [4.69, 9.17) is 0 Å². The Kier molecular flexibility index (Phi) is 5.01. The Bertz CT molecular complexity index is 331. The van der Waals surface area contributed by atoms with Crippen LogP contribution in [0.25, 0.3) is 0 Å². The molecule has 0 spiro atoms. The van der Waals surface area contributed by atoms with Gasteiger partial charge in [-0.1, -0.05) is 26.0 Å². The Morgan fingerprint density at radius 2 is 1.59 bits per heavy atom. The molecule has 2 heteroatoms. The van der Waals surface area contributed by atoms with Crippen LogP contribution in [0.5, 0.6) is 5.75 Å². The lowest BCUT2D eigenvalue weighted by atomic mass is 10.0. The van der Waals surface area contributed by atoms with Crippen LogP contribution >= 0.6 is 0 Å². The smallest absolute Gasteiger partial charge is 0.115 e. The maximum Gasteiger partial charge on any atom is 0.115 e. The molecule has 96 valence electrons. The number of hydrogen-bond donors (Lipinski definition) is 1. The summed E-state index contributed by atoms with van der Waals surface area (Å²) in [5, 5.41) is 9.29. The lowest BCUT2D eigenvalue weighted by molar-refractivity contribution is 0.176. The zero-order chi connectivity index (χ0) is 13.0. The topological polar surface area (TPSA) is 23.5 Å². The van der Waals surface area contributed by atoms with Crippen molar-refractivity contribution in [3.05, 3.63) is 29.8 Å². The Hall–Kier alpha value is -1.02. The van der Waals surface area contributed by atoms with E-state index in [1.54, 1.807) is 12.1 Å². The van der Waals surface area contributed by atoms with E-state index in [9.17, 15) is 5.11 Å². The molecule has 0 amide bonds. The van der Waals surface area contributed by atoms with Crippen LogP contribution in [-0.2, 0) is 0 Å². The number of hydrogen-bond acceptors (Lipinski definition) is 2. The quantitative estimate of drug-likeness (QED) is 0.838. The third-order valence-electron chi connectivity index (χ3n) is 3.49. The molecule has 0 fully saturated rings. The highest BCUT2D eigenvalue weighted by atomic mass is 16.3. The molecule has 0 aliphatic carbocycles. The van der Waals surface area contributed by atoms with E-state index in [1.165, 1.54) is 12.0 Å². The summed E-state index contributed by atoms with van der Waals surface area (Å²) in [6, 6.07) is 8.46. The number of aromatic hydroxyl groups is 1. The molecular formula is C15H25NO. The predicted molar refractivity (Wildman–Crippen MR) is 73.2 cm³/mol. The molecule has 2 unspecified atom stereocenters. The molecule has 2 nitrogen and oxygen atoms in total. The Labute approximate surface area is 105 Å². The molecule has 0 aliphatic heterocycles. The largest absolute Gasteiger partial charge is 0.508 e. The second-order valence-electron chi connectivity index (χ2n) is 5.41. The number of nitrogens with zero attached hydrogens (tertiary/aromatic N) is 1. The van der Waals surface area contributed by atoms with Gasteiger partial charge in [0.05, 0.1) is 0 Å². The first-order chi connectivity index (χ1) is 7.91. The summed E-state index contributed by atoms with van der Waals surface area (Å²) in [7, 11) is 2.17.